The molecule has 5 rings (SSSR count). The monoisotopic (exact) mass is 564 g/mol. The molecule has 0 aliphatic carbocycles. The Kier molecular flexibility index (Phi) is 7.40. The van der Waals surface area contributed by atoms with Crippen LogP contribution in [0.15, 0.2) is 59.6 Å². The Morgan fingerprint density at radius 3 is 2.51 bits per heavy atom. The Morgan fingerprint density at radius 2 is 1.85 bits per heavy atom. The summed E-state index contributed by atoms with van der Waals surface area (Å²) >= 11 is 0. The Balaban J connectivity index is 1.34. The summed E-state index contributed by atoms with van der Waals surface area (Å²) in [6.07, 6.45) is -1.45. The number of nitrogens with zero attached hydrogens (tertiary/aromatic N) is 2. The van der Waals surface area contributed by atoms with E-state index in [2.05, 4.69) is 15.5 Å². The predicted octanol–water partition coefficient (Wildman–Crippen LogP) is 4.18. The molecule has 3 unspecified atom stereocenters. The SMILES string of the molecule is O=C(O)COCCNc1ccc(C2CC3Cc4[nH]ncc4C(C2)N3S(=O)(=O)c2ccc(C(F)(F)F)cc2)cc1. The molecule has 1 aromatic heterocycles. The Morgan fingerprint density at radius 1 is 1.13 bits per heavy atom. The normalized spacial score (nSPS) is 21.4. The van der Waals surface area contributed by atoms with Crippen molar-refractivity contribution in [1.29, 1.82) is 0 Å². The van der Waals surface area contributed by atoms with Crippen LogP contribution in [-0.4, -0.2) is 59.8 Å². The molecule has 2 aliphatic rings. The highest BCUT2D eigenvalue weighted by atomic mass is 32.2. The molecule has 3 atom stereocenters. The van der Waals surface area contributed by atoms with Crippen molar-refractivity contribution in [3.63, 3.8) is 0 Å². The van der Waals surface area contributed by atoms with Gasteiger partial charge in [-0.25, -0.2) is 13.2 Å². The number of hydrogen-bond donors (Lipinski definition) is 3. The topological polar surface area (TPSA) is 125 Å². The molecule has 1 fully saturated rings. The van der Waals surface area contributed by atoms with Crippen molar-refractivity contribution in [2.75, 3.05) is 25.1 Å². The summed E-state index contributed by atoms with van der Waals surface area (Å²) in [4.78, 5) is 10.3. The van der Waals surface area contributed by atoms with Gasteiger partial charge in [0.05, 0.1) is 29.3 Å². The van der Waals surface area contributed by atoms with E-state index in [0.29, 0.717) is 25.8 Å². The molecule has 13 heteroatoms. The summed E-state index contributed by atoms with van der Waals surface area (Å²) < 4.78 is 73.0. The van der Waals surface area contributed by atoms with Gasteiger partial charge in [-0.05, 0) is 60.7 Å². The number of aromatic amines is 1. The van der Waals surface area contributed by atoms with E-state index < -0.39 is 39.8 Å². The van der Waals surface area contributed by atoms with Crippen LogP contribution in [0.5, 0.6) is 0 Å². The van der Waals surface area contributed by atoms with E-state index in [1.165, 1.54) is 4.31 Å². The lowest BCUT2D eigenvalue weighted by Crippen LogP contribution is -2.51. The van der Waals surface area contributed by atoms with Crippen LogP contribution < -0.4 is 5.32 Å². The molecule has 2 aliphatic heterocycles. The van der Waals surface area contributed by atoms with E-state index in [1.807, 2.05) is 24.3 Å². The van der Waals surface area contributed by atoms with Gasteiger partial charge >= 0.3 is 12.1 Å². The number of anilines is 1. The number of fused-ring (bicyclic) bond motifs is 4. The number of aromatic nitrogens is 2. The second-order valence-electron chi connectivity index (χ2n) is 9.70. The van der Waals surface area contributed by atoms with Gasteiger partial charge in [-0.3, -0.25) is 5.10 Å². The number of piperidine rings is 1. The van der Waals surface area contributed by atoms with E-state index in [1.54, 1.807) is 6.20 Å². The Hall–Kier alpha value is -3.42. The molecule has 3 N–H and O–H groups in total. The van der Waals surface area contributed by atoms with Gasteiger partial charge in [0.15, 0.2) is 0 Å². The van der Waals surface area contributed by atoms with Gasteiger partial charge in [0, 0.05) is 36.0 Å². The standard InChI is InChI=1S/C26H27F3N4O5S/c27-26(28,29)18-3-7-21(8-4-18)39(36,37)33-20-11-17(12-24(33)22-14-31-32-23(22)13-20)16-1-5-19(6-2-16)30-9-10-38-15-25(34)35/h1-8,14,17,20,24,30H,9-13,15H2,(H,31,32)(H,34,35). The van der Waals surface area contributed by atoms with Crippen LogP contribution >= 0.6 is 0 Å². The molecule has 39 heavy (non-hydrogen) atoms. The Labute approximate surface area is 223 Å². The number of rotatable bonds is 9. The number of carboxylic acid groups (broad SMARTS) is 1. The van der Waals surface area contributed by atoms with Crippen molar-refractivity contribution in [3.8, 4) is 0 Å². The third kappa shape index (κ3) is 5.65. The molecule has 3 aromatic rings. The first-order chi connectivity index (χ1) is 18.5. The molecule has 0 radical (unpaired) electrons. The second-order valence-corrected chi connectivity index (χ2v) is 11.5. The minimum absolute atomic E-state index is 0.0649. The molecular weight excluding hydrogens is 537 g/mol. The van der Waals surface area contributed by atoms with E-state index in [4.69, 9.17) is 9.84 Å². The van der Waals surface area contributed by atoms with Crippen LogP contribution in [0, 0.1) is 0 Å². The van der Waals surface area contributed by atoms with Crippen LogP contribution in [0.1, 0.15) is 47.2 Å². The number of H-pyrrole nitrogens is 1. The maximum absolute atomic E-state index is 13.7. The molecule has 3 heterocycles. The minimum Gasteiger partial charge on any atom is -0.480 e. The van der Waals surface area contributed by atoms with Crippen molar-refractivity contribution in [1.82, 2.24) is 14.5 Å². The number of benzene rings is 2. The summed E-state index contributed by atoms with van der Waals surface area (Å²) in [5, 5.41) is 18.9. The highest BCUT2D eigenvalue weighted by molar-refractivity contribution is 7.89. The number of carbonyl (C=O) groups is 1. The zero-order chi connectivity index (χ0) is 27.8. The number of sulfonamides is 1. The van der Waals surface area contributed by atoms with Crippen molar-refractivity contribution in [2.24, 2.45) is 0 Å². The third-order valence-corrected chi connectivity index (χ3v) is 9.20. The number of alkyl halides is 3. The first kappa shape index (κ1) is 27.2. The lowest BCUT2D eigenvalue weighted by Gasteiger charge is -2.47. The largest absolute Gasteiger partial charge is 0.480 e. The maximum Gasteiger partial charge on any atom is 0.416 e. The van der Waals surface area contributed by atoms with Crippen LogP contribution in [0.4, 0.5) is 18.9 Å². The van der Waals surface area contributed by atoms with E-state index in [0.717, 1.165) is 46.8 Å². The average Bonchev–Trinajstić information content (AvgIpc) is 3.36. The van der Waals surface area contributed by atoms with Gasteiger partial charge in [-0.2, -0.15) is 22.6 Å². The quantitative estimate of drug-likeness (QED) is 0.333. The number of nitrogens with one attached hydrogen (secondary N) is 2. The van der Waals surface area contributed by atoms with Crippen molar-refractivity contribution >= 4 is 21.7 Å². The van der Waals surface area contributed by atoms with Crippen molar-refractivity contribution in [3.05, 3.63) is 77.1 Å². The van der Waals surface area contributed by atoms with Crippen LogP contribution in [-0.2, 0) is 32.2 Å². The lowest BCUT2D eigenvalue weighted by atomic mass is 9.76. The lowest BCUT2D eigenvalue weighted by molar-refractivity contribution is -0.142. The Bertz CT molecular complexity index is 1430. The molecule has 2 aromatic carbocycles. The molecule has 9 nitrogen and oxygen atoms in total. The molecule has 2 bridgehead atoms. The van der Waals surface area contributed by atoms with Crippen LogP contribution in [0.25, 0.3) is 0 Å². The summed E-state index contributed by atoms with van der Waals surface area (Å²) in [6.45, 7) is 0.338. The molecular formula is C26H27F3N4O5S. The molecule has 0 saturated carbocycles. The highest BCUT2D eigenvalue weighted by Crippen LogP contribution is 2.49. The van der Waals surface area contributed by atoms with Crippen molar-refractivity contribution < 1.29 is 36.2 Å². The highest BCUT2D eigenvalue weighted by Gasteiger charge is 2.48. The zero-order valence-electron chi connectivity index (χ0n) is 20.7. The van der Waals surface area contributed by atoms with Crippen LogP contribution in [0.2, 0.25) is 0 Å². The zero-order valence-corrected chi connectivity index (χ0v) is 21.5. The summed E-state index contributed by atoms with van der Waals surface area (Å²) in [5.74, 6) is -0.958. The fourth-order valence-corrected chi connectivity index (χ4v) is 7.29. The van der Waals surface area contributed by atoms with Gasteiger partial charge in [-0.1, -0.05) is 12.1 Å². The molecule has 208 valence electrons. The second kappa shape index (κ2) is 10.6. The maximum atomic E-state index is 13.7. The summed E-state index contributed by atoms with van der Waals surface area (Å²) in [5.41, 5.74) is 2.66. The van der Waals surface area contributed by atoms with Crippen molar-refractivity contribution in [2.45, 2.75) is 48.3 Å². The molecule has 0 amide bonds. The molecule has 1 saturated heterocycles. The van der Waals surface area contributed by atoms with Gasteiger partial charge in [0.25, 0.3) is 0 Å². The van der Waals surface area contributed by atoms with Gasteiger partial charge in [0.2, 0.25) is 10.0 Å². The van der Waals surface area contributed by atoms with E-state index in [-0.39, 0.29) is 24.0 Å². The number of carboxylic acids is 1. The number of aliphatic carboxylic acids is 1. The number of hydrogen-bond acceptors (Lipinski definition) is 6. The third-order valence-electron chi connectivity index (χ3n) is 7.22. The first-order valence-electron chi connectivity index (χ1n) is 12.4. The van der Waals surface area contributed by atoms with Crippen LogP contribution in [0.3, 0.4) is 0 Å². The average molecular weight is 565 g/mol. The summed E-state index contributed by atoms with van der Waals surface area (Å²) in [6, 6.07) is 10.5. The predicted molar refractivity (Wildman–Crippen MR) is 135 cm³/mol. The number of ether oxygens (including phenoxy) is 1. The van der Waals surface area contributed by atoms with E-state index >= 15 is 0 Å². The fourth-order valence-electron chi connectivity index (χ4n) is 5.48. The molecule has 0 spiro atoms. The fraction of sp³-hybridized carbons (Fsp3) is 0.385. The smallest absolute Gasteiger partial charge is 0.416 e. The summed E-state index contributed by atoms with van der Waals surface area (Å²) in [7, 11) is -4.07. The first-order valence-corrected chi connectivity index (χ1v) is 13.8. The van der Waals surface area contributed by atoms with Gasteiger partial charge in [0.1, 0.15) is 6.61 Å². The minimum atomic E-state index is -4.55. The number of halogens is 3. The van der Waals surface area contributed by atoms with Gasteiger partial charge < -0.3 is 15.2 Å². The van der Waals surface area contributed by atoms with E-state index in [9.17, 15) is 26.4 Å². The van der Waals surface area contributed by atoms with Gasteiger partial charge in [-0.15, -0.1) is 0 Å².